The van der Waals surface area contributed by atoms with E-state index in [-0.39, 0.29) is 11.3 Å². The number of nitrogens with zero attached hydrogens (tertiary/aromatic N) is 1. The number of ether oxygens (including phenoxy) is 4. The van der Waals surface area contributed by atoms with Crippen LogP contribution in [0, 0.1) is 0 Å². The Balaban J connectivity index is 1.93. The van der Waals surface area contributed by atoms with Gasteiger partial charge in [0.1, 0.15) is 0 Å². The quantitative estimate of drug-likeness (QED) is 0.514. The minimum Gasteiger partial charge on any atom is -0.493 e. The number of hydrogen-bond donors (Lipinski definition) is 1. The first kappa shape index (κ1) is 22.8. The van der Waals surface area contributed by atoms with Gasteiger partial charge in [0.25, 0.3) is 5.91 Å². The first-order valence-corrected chi connectivity index (χ1v) is 9.09. The second kappa shape index (κ2) is 9.82. The van der Waals surface area contributed by atoms with Gasteiger partial charge in [-0.3, -0.25) is 10.1 Å². The van der Waals surface area contributed by atoms with Gasteiger partial charge in [-0.25, -0.2) is 4.79 Å². The summed E-state index contributed by atoms with van der Waals surface area (Å²) in [5.41, 5.74) is 1.11. The summed E-state index contributed by atoms with van der Waals surface area (Å²) in [4.78, 5) is 23.9. The largest absolute Gasteiger partial charge is 0.493 e. The van der Waals surface area contributed by atoms with Crippen LogP contribution in [0.15, 0.2) is 28.8 Å². The average Bonchev–Trinajstić information content (AvgIpc) is 3.18. The monoisotopic (exact) mass is 418 g/mol. The van der Waals surface area contributed by atoms with Gasteiger partial charge in [0.05, 0.1) is 27.0 Å². The molecule has 1 heterocycles. The highest BCUT2D eigenvalue weighted by Gasteiger charge is 2.20. The number of carbonyl (C=O) groups excluding carboxylic acids is 2. The number of anilines is 1. The zero-order valence-electron chi connectivity index (χ0n) is 17.9. The summed E-state index contributed by atoms with van der Waals surface area (Å²) in [6.45, 7) is 5.44. The van der Waals surface area contributed by atoms with Crippen molar-refractivity contribution in [2.24, 2.45) is 0 Å². The molecular weight excluding hydrogens is 392 g/mol. The van der Waals surface area contributed by atoms with Crippen molar-refractivity contribution >= 4 is 23.8 Å². The maximum Gasteiger partial charge on any atom is 0.331 e. The predicted octanol–water partition coefficient (Wildman–Crippen LogP) is 3.19. The Kier molecular flexibility index (Phi) is 7.46. The van der Waals surface area contributed by atoms with Gasteiger partial charge >= 0.3 is 5.97 Å². The number of hydrogen-bond acceptors (Lipinski definition) is 8. The fraction of sp³-hybridized carbons (Fsp3) is 0.381. The van der Waals surface area contributed by atoms with Crippen LogP contribution in [0.1, 0.15) is 32.0 Å². The summed E-state index contributed by atoms with van der Waals surface area (Å²) < 4.78 is 25.8. The molecule has 1 aromatic heterocycles. The average molecular weight is 418 g/mol. The molecule has 9 nitrogen and oxygen atoms in total. The molecule has 0 radical (unpaired) electrons. The van der Waals surface area contributed by atoms with E-state index < -0.39 is 18.5 Å². The molecule has 0 spiro atoms. The zero-order valence-corrected chi connectivity index (χ0v) is 17.9. The second-order valence-electron chi connectivity index (χ2n) is 7.27. The number of methoxy groups -OCH3 is 3. The van der Waals surface area contributed by atoms with Crippen molar-refractivity contribution in [1.29, 1.82) is 0 Å². The van der Waals surface area contributed by atoms with Crippen molar-refractivity contribution < 1.29 is 33.1 Å². The summed E-state index contributed by atoms with van der Waals surface area (Å²) >= 11 is 0. The lowest BCUT2D eigenvalue weighted by atomic mass is 9.92. The molecule has 0 bridgehead atoms. The van der Waals surface area contributed by atoms with E-state index in [1.165, 1.54) is 33.5 Å². The van der Waals surface area contributed by atoms with Crippen LogP contribution >= 0.6 is 0 Å². The van der Waals surface area contributed by atoms with Crippen LogP contribution in [0.4, 0.5) is 5.88 Å². The molecule has 30 heavy (non-hydrogen) atoms. The lowest BCUT2D eigenvalue weighted by molar-refractivity contribution is -0.142. The molecule has 9 heteroatoms. The normalized spacial score (nSPS) is 11.3. The maximum atomic E-state index is 11.9. The fourth-order valence-electron chi connectivity index (χ4n) is 2.41. The highest BCUT2D eigenvalue weighted by molar-refractivity contribution is 5.93. The van der Waals surface area contributed by atoms with Crippen LogP contribution in [-0.4, -0.2) is 45.0 Å². The van der Waals surface area contributed by atoms with Gasteiger partial charge in [0.2, 0.25) is 11.6 Å². The highest BCUT2D eigenvalue weighted by atomic mass is 16.5. The van der Waals surface area contributed by atoms with Crippen molar-refractivity contribution in [3.05, 3.63) is 35.5 Å². The molecule has 2 rings (SSSR count). The maximum absolute atomic E-state index is 11.9. The Labute approximate surface area is 174 Å². The third-order valence-corrected chi connectivity index (χ3v) is 3.99. The smallest absolute Gasteiger partial charge is 0.331 e. The Morgan fingerprint density at radius 2 is 1.70 bits per heavy atom. The molecule has 0 aliphatic carbocycles. The van der Waals surface area contributed by atoms with Gasteiger partial charge in [-0.2, -0.15) is 0 Å². The highest BCUT2D eigenvalue weighted by Crippen LogP contribution is 2.38. The van der Waals surface area contributed by atoms with E-state index in [0.29, 0.717) is 28.5 Å². The van der Waals surface area contributed by atoms with Crippen LogP contribution in [0.2, 0.25) is 0 Å². The van der Waals surface area contributed by atoms with Crippen molar-refractivity contribution in [3.63, 3.8) is 0 Å². The molecule has 0 aliphatic heterocycles. The lowest BCUT2D eigenvalue weighted by Gasteiger charge is -2.12. The number of aromatic nitrogens is 1. The number of carbonyl (C=O) groups is 2. The molecule has 0 unspecified atom stereocenters. The van der Waals surface area contributed by atoms with Crippen molar-refractivity contribution in [3.8, 4) is 17.2 Å². The molecule has 0 saturated carbocycles. The molecule has 0 saturated heterocycles. The number of rotatable bonds is 8. The van der Waals surface area contributed by atoms with Gasteiger partial charge in [0, 0.05) is 17.6 Å². The van der Waals surface area contributed by atoms with Gasteiger partial charge in [-0.1, -0.05) is 25.9 Å². The van der Waals surface area contributed by atoms with Crippen molar-refractivity contribution in [1.82, 2.24) is 5.16 Å². The molecule has 1 amide bonds. The van der Waals surface area contributed by atoms with E-state index in [0.717, 1.165) is 0 Å². The molecular formula is C21H26N2O7. The number of esters is 1. The van der Waals surface area contributed by atoms with Gasteiger partial charge in [-0.05, 0) is 23.8 Å². The summed E-state index contributed by atoms with van der Waals surface area (Å²) in [5, 5.41) is 6.39. The summed E-state index contributed by atoms with van der Waals surface area (Å²) in [6.07, 6.45) is 2.71. The number of benzene rings is 1. The summed E-state index contributed by atoms with van der Waals surface area (Å²) in [7, 11) is 4.49. The van der Waals surface area contributed by atoms with Crippen molar-refractivity contribution in [2.45, 2.75) is 26.2 Å². The Hall–Kier alpha value is -3.49. The molecule has 0 atom stereocenters. The fourth-order valence-corrected chi connectivity index (χ4v) is 2.41. The van der Waals surface area contributed by atoms with E-state index >= 15 is 0 Å². The minimum atomic E-state index is -0.688. The minimum absolute atomic E-state index is 0.189. The summed E-state index contributed by atoms with van der Waals surface area (Å²) in [6, 6.07) is 4.98. The van der Waals surface area contributed by atoms with Crippen molar-refractivity contribution in [2.75, 3.05) is 33.3 Å². The van der Waals surface area contributed by atoms with Crippen LogP contribution in [0.5, 0.6) is 17.2 Å². The zero-order chi connectivity index (χ0) is 22.3. The van der Waals surface area contributed by atoms with Crippen LogP contribution < -0.4 is 19.5 Å². The van der Waals surface area contributed by atoms with Crippen LogP contribution in [0.25, 0.3) is 6.08 Å². The van der Waals surface area contributed by atoms with Gasteiger partial charge in [-0.15, -0.1) is 0 Å². The van der Waals surface area contributed by atoms with Gasteiger partial charge < -0.3 is 23.5 Å². The third-order valence-electron chi connectivity index (χ3n) is 3.99. The molecule has 1 N–H and O–H groups in total. The second-order valence-corrected chi connectivity index (χ2v) is 7.27. The molecule has 0 fully saturated rings. The SMILES string of the molecule is COc1cc(/C=C/C(=O)OCC(=O)Nc2cc(C(C)(C)C)no2)cc(OC)c1OC. The van der Waals surface area contributed by atoms with E-state index in [1.54, 1.807) is 18.2 Å². The van der Waals surface area contributed by atoms with E-state index in [2.05, 4.69) is 10.5 Å². The molecule has 2 aromatic rings. The van der Waals surface area contributed by atoms with Crippen LogP contribution in [-0.2, 0) is 19.7 Å². The topological polar surface area (TPSA) is 109 Å². The third kappa shape index (κ3) is 6.00. The Morgan fingerprint density at radius 3 is 2.20 bits per heavy atom. The van der Waals surface area contributed by atoms with E-state index in [1.807, 2.05) is 20.8 Å². The number of nitrogens with one attached hydrogen (secondary N) is 1. The summed E-state index contributed by atoms with van der Waals surface area (Å²) in [5.74, 6) is 0.303. The Bertz CT molecular complexity index is 901. The lowest BCUT2D eigenvalue weighted by Crippen LogP contribution is -2.19. The van der Waals surface area contributed by atoms with Crippen LogP contribution in [0.3, 0.4) is 0 Å². The van der Waals surface area contributed by atoms with E-state index in [4.69, 9.17) is 23.5 Å². The van der Waals surface area contributed by atoms with E-state index in [9.17, 15) is 9.59 Å². The Morgan fingerprint density at radius 1 is 1.07 bits per heavy atom. The first-order valence-electron chi connectivity index (χ1n) is 9.09. The molecule has 0 aliphatic rings. The first-order chi connectivity index (χ1) is 14.2. The predicted molar refractivity (Wildman–Crippen MR) is 110 cm³/mol. The molecule has 162 valence electrons. The molecule has 1 aromatic carbocycles. The number of amides is 1. The standard InChI is InChI=1S/C21H26N2O7/c1-21(2,3)16-11-18(30-23-16)22-17(24)12-29-19(25)8-7-13-9-14(26-4)20(28-6)15(10-13)27-5/h7-11H,12H2,1-6H3,(H,22,24)/b8-7+. The van der Waals surface area contributed by atoms with Gasteiger partial charge in [0.15, 0.2) is 18.1 Å².